The van der Waals surface area contributed by atoms with Gasteiger partial charge in [-0.15, -0.1) is 0 Å². The molecule has 0 bridgehead atoms. The molecule has 0 saturated heterocycles. The second-order valence-electron chi connectivity index (χ2n) is 7.42. The Kier molecular flexibility index (Phi) is 6.60. The van der Waals surface area contributed by atoms with Gasteiger partial charge in [-0.05, 0) is 66.6 Å². The molecule has 8 nitrogen and oxygen atoms in total. The first-order chi connectivity index (χ1) is 16.4. The highest BCUT2D eigenvalue weighted by atomic mass is 35.5. The van der Waals surface area contributed by atoms with Crippen LogP contribution in [0.2, 0.25) is 5.15 Å². The van der Waals surface area contributed by atoms with E-state index in [1.165, 1.54) is 12.1 Å². The number of carbonyl (C=O) groups excluding carboxylic acids is 1. The third kappa shape index (κ3) is 4.77. The normalized spacial score (nSPS) is 10.8. The number of nitrogens with one attached hydrogen (secondary N) is 1. The topological polar surface area (TPSA) is 115 Å². The number of pyridine rings is 1. The Labute approximate surface area is 199 Å². The zero-order chi connectivity index (χ0) is 24.2. The van der Waals surface area contributed by atoms with Crippen LogP contribution in [-0.4, -0.2) is 27.6 Å². The lowest BCUT2D eigenvalue weighted by molar-refractivity contribution is -0.384. The zero-order valence-electron chi connectivity index (χ0n) is 18.1. The predicted molar refractivity (Wildman–Crippen MR) is 130 cm³/mol. The van der Waals surface area contributed by atoms with Crippen molar-refractivity contribution in [3.8, 4) is 16.9 Å². The third-order valence-corrected chi connectivity index (χ3v) is 5.49. The molecule has 1 heterocycles. The van der Waals surface area contributed by atoms with E-state index in [4.69, 9.17) is 16.3 Å². The summed E-state index contributed by atoms with van der Waals surface area (Å²) in [6.45, 7) is 2.35. The van der Waals surface area contributed by atoms with E-state index < -0.39 is 10.9 Å². The number of phenolic OH excluding ortho intramolecular Hbond substituents is 1. The van der Waals surface area contributed by atoms with Gasteiger partial charge < -0.3 is 15.2 Å². The fourth-order valence-corrected chi connectivity index (χ4v) is 3.73. The average molecular weight is 478 g/mol. The summed E-state index contributed by atoms with van der Waals surface area (Å²) in [6.07, 6.45) is 0. The van der Waals surface area contributed by atoms with Gasteiger partial charge in [0.1, 0.15) is 16.4 Å². The molecule has 4 aromatic rings. The molecule has 0 aliphatic heterocycles. The smallest absolute Gasteiger partial charge is 0.338 e. The number of halogens is 1. The summed E-state index contributed by atoms with van der Waals surface area (Å²) in [6, 6.07) is 18.1. The van der Waals surface area contributed by atoms with Gasteiger partial charge in [-0.25, -0.2) is 9.78 Å². The number of nitro benzene ring substituents is 1. The van der Waals surface area contributed by atoms with E-state index in [0.29, 0.717) is 40.7 Å². The maximum Gasteiger partial charge on any atom is 0.338 e. The van der Waals surface area contributed by atoms with Crippen LogP contribution >= 0.6 is 11.6 Å². The summed E-state index contributed by atoms with van der Waals surface area (Å²) < 4.78 is 4.99. The Morgan fingerprint density at radius 1 is 1.09 bits per heavy atom. The molecule has 0 saturated carbocycles. The van der Waals surface area contributed by atoms with Gasteiger partial charge in [0.05, 0.1) is 17.1 Å². The number of esters is 1. The molecule has 0 atom stereocenters. The van der Waals surface area contributed by atoms with Crippen LogP contribution in [0, 0.1) is 10.1 Å². The Bertz CT molecular complexity index is 1390. The number of benzene rings is 3. The third-order valence-electron chi connectivity index (χ3n) is 5.27. The predicted octanol–water partition coefficient (Wildman–Crippen LogP) is 5.96. The summed E-state index contributed by atoms with van der Waals surface area (Å²) in [4.78, 5) is 27.0. The van der Waals surface area contributed by atoms with Crippen LogP contribution in [0.15, 0.2) is 66.7 Å². The maximum absolute atomic E-state index is 11.8. The van der Waals surface area contributed by atoms with E-state index in [0.717, 1.165) is 11.3 Å². The largest absolute Gasteiger partial charge is 0.505 e. The lowest BCUT2D eigenvalue weighted by Crippen LogP contribution is -2.05. The van der Waals surface area contributed by atoms with E-state index in [-0.39, 0.29) is 16.6 Å². The first-order valence-corrected chi connectivity index (χ1v) is 10.8. The van der Waals surface area contributed by atoms with Crippen molar-refractivity contribution in [3.05, 3.63) is 93.1 Å². The van der Waals surface area contributed by atoms with E-state index >= 15 is 0 Å². The van der Waals surface area contributed by atoms with E-state index in [1.807, 2.05) is 0 Å². The highest BCUT2D eigenvalue weighted by Crippen LogP contribution is 2.38. The number of hydrogen-bond donors (Lipinski definition) is 2. The van der Waals surface area contributed by atoms with Crippen molar-refractivity contribution in [1.29, 1.82) is 0 Å². The molecule has 172 valence electrons. The number of fused-ring (bicyclic) bond motifs is 1. The van der Waals surface area contributed by atoms with Gasteiger partial charge in [0, 0.05) is 35.3 Å². The molecule has 0 spiro atoms. The van der Waals surface area contributed by atoms with Crippen LogP contribution in [0.5, 0.6) is 5.75 Å². The average Bonchev–Trinajstić information content (AvgIpc) is 2.84. The number of aromatic nitrogens is 1. The molecule has 0 amide bonds. The van der Waals surface area contributed by atoms with Crippen molar-refractivity contribution in [2.75, 3.05) is 11.9 Å². The Morgan fingerprint density at radius 2 is 1.82 bits per heavy atom. The highest BCUT2D eigenvalue weighted by Gasteiger charge is 2.17. The van der Waals surface area contributed by atoms with Crippen molar-refractivity contribution >= 4 is 39.8 Å². The molecule has 9 heteroatoms. The minimum atomic E-state index is -0.484. The van der Waals surface area contributed by atoms with Crippen molar-refractivity contribution in [3.63, 3.8) is 0 Å². The Hall–Kier alpha value is -4.17. The SMILES string of the molecule is CCOC(=O)c1ccc(NCc2ccc([N+](=O)[O-])cc2-c2ccc3ccc(Cl)nc3c2O)cc1. The second kappa shape index (κ2) is 9.76. The van der Waals surface area contributed by atoms with Crippen molar-refractivity contribution in [2.24, 2.45) is 0 Å². The van der Waals surface area contributed by atoms with Crippen LogP contribution in [0.3, 0.4) is 0 Å². The minimum Gasteiger partial charge on any atom is -0.505 e. The first-order valence-electron chi connectivity index (χ1n) is 10.4. The zero-order valence-corrected chi connectivity index (χ0v) is 18.9. The molecule has 0 aliphatic rings. The molecule has 2 N–H and O–H groups in total. The number of ether oxygens (including phenoxy) is 1. The summed E-state index contributed by atoms with van der Waals surface area (Å²) in [5.74, 6) is -0.507. The van der Waals surface area contributed by atoms with Gasteiger partial charge in [-0.2, -0.15) is 0 Å². The summed E-state index contributed by atoms with van der Waals surface area (Å²) in [7, 11) is 0. The van der Waals surface area contributed by atoms with E-state index in [9.17, 15) is 20.0 Å². The number of anilines is 1. The molecular formula is C25H20ClN3O5. The quantitative estimate of drug-likeness (QED) is 0.146. The molecular weight excluding hydrogens is 458 g/mol. The number of nitro groups is 1. The first kappa shape index (κ1) is 23.0. The van der Waals surface area contributed by atoms with Crippen LogP contribution in [-0.2, 0) is 11.3 Å². The van der Waals surface area contributed by atoms with E-state index in [1.54, 1.807) is 61.5 Å². The molecule has 1 aromatic heterocycles. The van der Waals surface area contributed by atoms with Crippen molar-refractivity contribution < 1.29 is 19.6 Å². The molecule has 0 fully saturated rings. The van der Waals surface area contributed by atoms with Crippen LogP contribution < -0.4 is 5.32 Å². The monoisotopic (exact) mass is 477 g/mol. The maximum atomic E-state index is 11.8. The number of non-ortho nitro benzene ring substituents is 1. The van der Waals surface area contributed by atoms with Crippen LogP contribution in [0.1, 0.15) is 22.8 Å². The van der Waals surface area contributed by atoms with Crippen molar-refractivity contribution in [1.82, 2.24) is 4.98 Å². The van der Waals surface area contributed by atoms with Gasteiger partial charge >= 0.3 is 5.97 Å². The standard InChI is InChI=1S/C25H20ClN3O5/c1-2-34-25(31)16-3-8-18(9-4-16)27-14-17-5-10-19(29(32)33)13-21(17)20-11-6-15-7-12-22(26)28-23(15)24(20)30/h3-13,27,30H,2,14H2,1H3. The van der Waals surface area contributed by atoms with Crippen molar-refractivity contribution in [2.45, 2.75) is 13.5 Å². The molecule has 0 unspecified atom stereocenters. The number of aromatic hydroxyl groups is 1. The summed E-state index contributed by atoms with van der Waals surface area (Å²) in [5.41, 5.74) is 3.01. The number of phenols is 1. The minimum absolute atomic E-state index is 0.101. The van der Waals surface area contributed by atoms with Gasteiger partial charge in [-0.1, -0.05) is 17.7 Å². The van der Waals surface area contributed by atoms with Gasteiger partial charge in [0.2, 0.25) is 0 Å². The number of carbonyl (C=O) groups is 1. The summed E-state index contributed by atoms with van der Waals surface area (Å²) >= 11 is 6.00. The van der Waals surface area contributed by atoms with Crippen LogP contribution in [0.25, 0.3) is 22.0 Å². The van der Waals surface area contributed by atoms with Gasteiger partial charge in [-0.3, -0.25) is 10.1 Å². The molecule has 34 heavy (non-hydrogen) atoms. The number of nitrogens with zero attached hydrogens (tertiary/aromatic N) is 2. The summed E-state index contributed by atoms with van der Waals surface area (Å²) in [5, 5.41) is 26.5. The Balaban J connectivity index is 1.68. The lowest BCUT2D eigenvalue weighted by atomic mass is 9.96. The fourth-order valence-electron chi connectivity index (χ4n) is 3.59. The van der Waals surface area contributed by atoms with Crippen LogP contribution in [0.4, 0.5) is 11.4 Å². The Morgan fingerprint density at radius 3 is 2.53 bits per heavy atom. The molecule has 0 radical (unpaired) electrons. The molecule has 0 aliphatic carbocycles. The lowest BCUT2D eigenvalue weighted by Gasteiger charge is -2.14. The molecule has 4 rings (SSSR count). The molecule has 3 aromatic carbocycles. The fraction of sp³-hybridized carbons (Fsp3) is 0.120. The van der Waals surface area contributed by atoms with E-state index in [2.05, 4.69) is 10.3 Å². The number of rotatable bonds is 7. The van der Waals surface area contributed by atoms with Gasteiger partial charge in [0.25, 0.3) is 5.69 Å². The second-order valence-corrected chi connectivity index (χ2v) is 7.80. The highest BCUT2D eigenvalue weighted by molar-refractivity contribution is 6.29. The number of hydrogen-bond acceptors (Lipinski definition) is 7. The van der Waals surface area contributed by atoms with Gasteiger partial charge in [0.15, 0.2) is 0 Å².